The largest absolute Gasteiger partial charge is 0.480 e. The van der Waals surface area contributed by atoms with Crippen molar-refractivity contribution in [3.8, 4) is 12.1 Å². The normalized spacial score (nSPS) is 7.71. The number of carboxylic acid groups (broad SMARTS) is 2. The zero-order valence-electron chi connectivity index (χ0n) is 7.47. The van der Waals surface area contributed by atoms with Crippen LogP contribution in [-0.2, 0) is 9.59 Å². The predicted octanol–water partition coefficient (Wildman–Crippen LogP) is -0.879. The van der Waals surface area contributed by atoms with Gasteiger partial charge in [0.25, 0.3) is 0 Å². The van der Waals surface area contributed by atoms with E-state index in [1.165, 1.54) is 24.1 Å². The highest BCUT2D eigenvalue weighted by atomic mass is 16.4. The zero-order chi connectivity index (χ0) is 11.6. The molecule has 0 aromatic carbocycles. The third kappa shape index (κ3) is 16.5. The Bertz CT molecular complexity index is 248. The quantitative estimate of drug-likeness (QED) is 0.602. The molecule has 0 aliphatic heterocycles. The van der Waals surface area contributed by atoms with E-state index in [0.29, 0.717) is 0 Å². The molecule has 0 radical (unpaired) electrons. The lowest BCUT2D eigenvalue weighted by molar-refractivity contribution is -0.141. The van der Waals surface area contributed by atoms with Gasteiger partial charge in [0.2, 0.25) is 0 Å². The second-order valence-corrected chi connectivity index (χ2v) is 2.18. The van der Waals surface area contributed by atoms with Gasteiger partial charge in [-0.05, 0) is 7.05 Å². The summed E-state index contributed by atoms with van der Waals surface area (Å²) in [6.45, 7) is -0.488. The summed E-state index contributed by atoms with van der Waals surface area (Å²) in [5.74, 6) is -2.05. The molecule has 0 aromatic rings. The molecule has 0 heterocycles. The number of aliphatic carboxylic acids is 2. The van der Waals surface area contributed by atoms with Crippen molar-refractivity contribution in [2.75, 3.05) is 20.1 Å². The van der Waals surface area contributed by atoms with Crippen LogP contribution in [0.15, 0.2) is 0 Å². The minimum Gasteiger partial charge on any atom is -0.480 e. The molecular formula is C7H9N3O4. The molecule has 2 N–H and O–H groups in total. The minimum absolute atomic E-state index is 0.244. The Morgan fingerprint density at radius 3 is 1.57 bits per heavy atom. The zero-order valence-corrected chi connectivity index (χ0v) is 7.47. The van der Waals surface area contributed by atoms with Crippen LogP contribution in [0.5, 0.6) is 0 Å². The Morgan fingerprint density at radius 2 is 1.43 bits per heavy atom. The van der Waals surface area contributed by atoms with Gasteiger partial charge in [-0.15, -0.1) is 0 Å². The minimum atomic E-state index is -1.02. The van der Waals surface area contributed by atoms with E-state index >= 15 is 0 Å². The summed E-state index contributed by atoms with van der Waals surface area (Å²) in [5, 5.41) is 30.9. The van der Waals surface area contributed by atoms with Gasteiger partial charge >= 0.3 is 11.9 Å². The van der Waals surface area contributed by atoms with E-state index in [4.69, 9.17) is 20.7 Å². The summed E-state index contributed by atoms with van der Waals surface area (Å²) in [4.78, 5) is 21.1. The Balaban J connectivity index is 0. The molecule has 0 saturated carbocycles. The predicted molar refractivity (Wildman–Crippen MR) is 44.0 cm³/mol. The summed E-state index contributed by atoms with van der Waals surface area (Å²) < 4.78 is 0. The molecular weight excluding hydrogens is 190 g/mol. The van der Waals surface area contributed by atoms with Crippen molar-refractivity contribution in [3.63, 3.8) is 0 Å². The van der Waals surface area contributed by atoms with E-state index in [1.54, 1.807) is 0 Å². The van der Waals surface area contributed by atoms with Crippen LogP contribution < -0.4 is 0 Å². The van der Waals surface area contributed by atoms with Crippen LogP contribution in [0, 0.1) is 22.7 Å². The molecule has 0 spiro atoms. The van der Waals surface area contributed by atoms with Crippen LogP contribution in [0.25, 0.3) is 0 Å². The first-order valence-corrected chi connectivity index (χ1v) is 3.34. The van der Waals surface area contributed by atoms with E-state index in [-0.39, 0.29) is 13.1 Å². The SMILES string of the molecule is CN(CC(=O)O)CC(=O)O.N#CC#N. The van der Waals surface area contributed by atoms with Crippen LogP contribution in [0.1, 0.15) is 0 Å². The van der Waals surface area contributed by atoms with E-state index in [2.05, 4.69) is 0 Å². The Kier molecular flexibility index (Phi) is 9.23. The molecule has 0 unspecified atom stereocenters. The summed E-state index contributed by atoms with van der Waals surface area (Å²) >= 11 is 0. The highest BCUT2D eigenvalue weighted by Crippen LogP contribution is 1.80. The average molecular weight is 199 g/mol. The van der Waals surface area contributed by atoms with Crippen molar-refractivity contribution in [1.29, 1.82) is 10.5 Å². The number of hydrogen-bond acceptors (Lipinski definition) is 5. The van der Waals surface area contributed by atoms with Crippen molar-refractivity contribution >= 4 is 11.9 Å². The molecule has 0 fully saturated rings. The van der Waals surface area contributed by atoms with Crippen molar-refractivity contribution in [1.82, 2.24) is 4.90 Å². The maximum atomic E-state index is 9.96. The number of nitriles is 2. The lowest BCUT2D eigenvalue weighted by Gasteiger charge is -2.08. The Morgan fingerprint density at radius 1 is 1.14 bits per heavy atom. The molecule has 7 heteroatoms. The fourth-order valence-corrected chi connectivity index (χ4v) is 0.518. The third-order valence-corrected chi connectivity index (χ3v) is 0.860. The van der Waals surface area contributed by atoms with Gasteiger partial charge in [-0.3, -0.25) is 14.5 Å². The van der Waals surface area contributed by atoms with E-state index in [1.807, 2.05) is 0 Å². The number of rotatable bonds is 4. The summed E-state index contributed by atoms with van der Waals surface area (Å²) in [5.41, 5.74) is 0. The molecule has 0 atom stereocenters. The first-order valence-electron chi connectivity index (χ1n) is 3.34. The highest BCUT2D eigenvalue weighted by Gasteiger charge is 2.06. The van der Waals surface area contributed by atoms with Crippen LogP contribution in [-0.4, -0.2) is 47.2 Å². The molecule has 0 bridgehead atoms. The Labute approximate surface area is 80.4 Å². The number of nitrogens with zero attached hydrogens (tertiary/aromatic N) is 3. The fourth-order valence-electron chi connectivity index (χ4n) is 0.518. The first-order chi connectivity index (χ1) is 6.43. The molecule has 14 heavy (non-hydrogen) atoms. The molecule has 0 aliphatic rings. The van der Waals surface area contributed by atoms with Crippen molar-refractivity contribution in [2.24, 2.45) is 0 Å². The number of carbonyl (C=O) groups is 2. The molecule has 7 nitrogen and oxygen atoms in total. The monoisotopic (exact) mass is 199 g/mol. The van der Waals surface area contributed by atoms with Gasteiger partial charge in [-0.25, -0.2) is 0 Å². The van der Waals surface area contributed by atoms with Gasteiger partial charge < -0.3 is 10.2 Å². The highest BCUT2D eigenvalue weighted by molar-refractivity contribution is 5.72. The molecule has 76 valence electrons. The smallest absolute Gasteiger partial charge is 0.317 e. The average Bonchev–Trinajstić information content (AvgIpc) is 2.01. The van der Waals surface area contributed by atoms with Crippen molar-refractivity contribution in [2.45, 2.75) is 0 Å². The molecule has 0 amide bonds. The van der Waals surface area contributed by atoms with E-state index in [9.17, 15) is 9.59 Å². The molecule has 0 saturated heterocycles. The third-order valence-electron chi connectivity index (χ3n) is 0.860. The number of carboxylic acids is 2. The summed E-state index contributed by atoms with van der Waals surface area (Å²) in [6.07, 6.45) is 0. The topological polar surface area (TPSA) is 125 Å². The molecule has 0 aliphatic carbocycles. The second kappa shape index (κ2) is 8.97. The van der Waals surface area contributed by atoms with Crippen LogP contribution in [0.4, 0.5) is 0 Å². The first kappa shape index (κ1) is 14.4. The molecule has 0 aromatic heterocycles. The summed E-state index contributed by atoms with van der Waals surface area (Å²) in [6, 6.07) is 2.47. The van der Waals surface area contributed by atoms with Gasteiger partial charge in [0.05, 0.1) is 13.1 Å². The van der Waals surface area contributed by atoms with Crippen LogP contribution in [0.2, 0.25) is 0 Å². The van der Waals surface area contributed by atoms with Gasteiger partial charge in [0.1, 0.15) is 0 Å². The van der Waals surface area contributed by atoms with E-state index in [0.717, 1.165) is 0 Å². The number of likely N-dealkylation sites (N-methyl/N-ethyl adjacent to an activating group) is 1. The second-order valence-electron chi connectivity index (χ2n) is 2.18. The lowest BCUT2D eigenvalue weighted by Crippen LogP contribution is -2.30. The van der Waals surface area contributed by atoms with Crippen LogP contribution >= 0.6 is 0 Å². The number of hydrogen-bond donors (Lipinski definition) is 2. The van der Waals surface area contributed by atoms with Crippen LogP contribution in [0.3, 0.4) is 0 Å². The maximum Gasteiger partial charge on any atom is 0.317 e. The van der Waals surface area contributed by atoms with Gasteiger partial charge in [0.15, 0.2) is 12.1 Å². The lowest BCUT2D eigenvalue weighted by atomic mass is 10.5. The van der Waals surface area contributed by atoms with Crippen molar-refractivity contribution < 1.29 is 19.8 Å². The van der Waals surface area contributed by atoms with Crippen molar-refractivity contribution in [3.05, 3.63) is 0 Å². The van der Waals surface area contributed by atoms with Gasteiger partial charge in [0, 0.05) is 0 Å². The van der Waals surface area contributed by atoms with E-state index < -0.39 is 11.9 Å². The van der Waals surface area contributed by atoms with Gasteiger partial charge in [-0.2, -0.15) is 10.5 Å². The summed E-state index contributed by atoms with van der Waals surface area (Å²) in [7, 11) is 1.43. The maximum absolute atomic E-state index is 9.96. The standard InChI is InChI=1S/C5H9NO4.C2N2/c1-6(2-4(7)8)3-5(9)10;3-1-2-4/h2-3H2,1H3,(H,7,8)(H,9,10);. The molecule has 0 rings (SSSR count). The Hall–Kier alpha value is -2.12. The van der Waals surface area contributed by atoms with Gasteiger partial charge in [-0.1, -0.05) is 0 Å². The fraction of sp³-hybridized carbons (Fsp3) is 0.429.